The molecular formula is C19H32IN3O4. The van der Waals surface area contributed by atoms with Gasteiger partial charge in [-0.3, -0.25) is 0 Å². The van der Waals surface area contributed by atoms with Crippen LogP contribution in [0.4, 0.5) is 0 Å². The molecule has 154 valence electrons. The van der Waals surface area contributed by atoms with Gasteiger partial charge in [0.1, 0.15) is 0 Å². The lowest BCUT2D eigenvalue weighted by molar-refractivity contribution is 0.134. The third-order valence-electron chi connectivity index (χ3n) is 4.64. The van der Waals surface area contributed by atoms with Crippen molar-refractivity contribution < 1.29 is 19.3 Å². The van der Waals surface area contributed by atoms with E-state index >= 15 is 0 Å². The number of methoxy groups -OCH3 is 3. The molecule has 1 aliphatic rings. The van der Waals surface area contributed by atoms with Gasteiger partial charge in [0.05, 0.1) is 34.0 Å². The van der Waals surface area contributed by atoms with Gasteiger partial charge in [-0.15, -0.1) is 24.0 Å². The first-order valence-corrected chi connectivity index (χ1v) is 9.12. The van der Waals surface area contributed by atoms with E-state index < -0.39 is 0 Å². The first-order valence-electron chi connectivity index (χ1n) is 9.12. The van der Waals surface area contributed by atoms with Gasteiger partial charge in [-0.1, -0.05) is 6.42 Å². The van der Waals surface area contributed by atoms with Gasteiger partial charge in [-0.05, 0) is 37.5 Å². The number of rotatable bonds is 8. The smallest absolute Gasteiger partial charge is 0.203 e. The lowest BCUT2D eigenvalue weighted by Crippen LogP contribution is -2.41. The highest BCUT2D eigenvalue weighted by Gasteiger charge is 2.25. The lowest BCUT2D eigenvalue weighted by Gasteiger charge is -2.18. The molecule has 0 bridgehead atoms. The first-order chi connectivity index (χ1) is 12.6. The summed E-state index contributed by atoms with van der Waals surface area (Å²) in [6.07, 6.45) is 2.83. The minimum absolute atomic E-state index is 0. The molecule has 0 amide bonds. The second kappa shape index (κ2) is 12.1. The highest BCUT2D eigenvalue weighted by molar-refractivity contribution is 14.0. The van der Waals surface area contributed by atoms with E-state index in [4.69, 9.17) is 14.2 Å². The van der Waals surface area contributed by atoms with Crippen LogP contribution in [-0.2, 0) is 6.54 Å². The number of nitrogens with one attached hydrogen (secondary N) is 2. The number of aliphatic hydroxyl groups is 1. The number of ether oxygens (including phenoxy) is 3. The fraction of sp³-hybridized carbons (Fsp3) is 0.632. The number of guanidine groups is 1. The Labute approximate surface area is 178 Å². The van der Waals surface area contributed by atoms with Gasteiger partial charge in [-0.25, -0.2) is 4.99 Å². The molecule has 1 aromatic rings. The van der Waals surface area contributed by atoms with Gasteiger partial charge in [0, 0.05) is 19.0 Å². The summed E-state index contributed by atoms with van der Waals surface area (Å²) in [7, 11) is 4.79. The van der Waals surface area contributed by atoms with Gasteiger partial charge in [0.15, 0.2) is 17.5 Å². The van der Waals surface area contributed by atoms with E-state index in [0.717, 1.165) is 43.9 Å². The number of aliphatic imine (C=N–C) groups is 1. The van der Waals surface area contributed by atoms with E-state index in [9.17, 15) is 5.11 Å². The van der Waals surface area contributed by atoms with Crippen molar-refractivity contribution in [2.75, 3.05) is 34.4 Å². The Morgan fingerprint density at radius 3 is 2.26 bits per heavy atom. The number of hydrogen-bond donors (Lipinski definition) is 3. The van der Waals surface area contributed by atoms with E-state index in [1.165, 1.54) is 0 Å². The van der Waals surface area contributed by atoms with Crippen LogP contribution in [0.25, 0.3) is 0 Å². The van der Waals surface area contributed by atoms with Crippen molar-refractivity contribution in [3.05, 3.63) is 17.7 Å². The van der Waals surface area contributed by atoms with Gasteiger partial charge < -0.3 is 30.0 Å². The summed E-state index contributed by atoms with van der Waals surface area (Å²) in [6.45, 7) is 4.00. The minimum atomic E-state index is -0.208. The molecule has 0 aromatic heterocycles. The monoisotopic (exact) mass is 493 g/mol. The number of hydrogen-bond acceptors (Lipinski definition) is 5. The van der Waals surface area contributed by atoms with Crippen LogP contribution in [-0.4, -0.2) is 51.6 Å². The topological polar surface area (TPSA) is 84.3 Å². The molecule has 0 aliphatic heterocycles. The summed E-state index contributed by atoms with van der Waals surface area (Å²) in [6, 6.07) is 3.80. The molecular weight excluding hydrogens is 461 g/mol. The van der Waals surface area contributed by atoms with Crippen molar-refractivity contribution >= 4 is 29.9 Å². The summed E-state index contributed by atoms with van der Waals surface area (Å²) < 4.78 is 16.1. The van der Waals surface area contributed by atoms with Gasteiger partial charge >= 0.3 is 0 Å². The molecule has 27 heavy (non-hydrogen) atoms. The number of benzene rings is 1. The Hall–Kier alpha value is -1.42. The van der Waals surface area contributed by atoms with E-state index in [0.29, 0.717) is 29.7 Å². The van der Waals surface area contributed by atoms with Crippen molar-refractivity contribution in [3.8, 4) is 17.2 Å². The Morgan fingerprint density at radius 2 is 1.78 bits per heavy atom. The average molecular weight is 493 g/mol. The summed E-state index contributed by atoms with van der Waals surface area (Å²) in [5.74, 6) is 2.83. The van der Waals surface area contributed by atoms with Crippen LogP contribution in [0.15, 0.2) is 17.1 Å². The zero-order valence-electron chi connectivity index (χ0n) is 16.6. The maximum Gasteiger partial charge on any atom is 0.203 e. The molecule has 2 rings (SSSR count). The quantitative estimate of drug-likeness (QED) is 0.293. The standard InChI is InChI=1S/C19H31N3O4.HI/c1-5-20-19(22-12-14-7-6-8-15(14)23)21-11-13-9-16(24-2)18(26-4)17(10-13)25-3;/h9-10,14-15,23H,5-8,11-12H2,1-4H3,(H2,20,21,22);1H. The largest absolute Gasteiger partial charge is 0.493 e. The maximum atomic E-state index is 9.96. The molecule has 3 N–H and O–H groups in total. The lowest BCUT2D eigenvalue weighted by atomic mass is 10.1. The molecule has 0 heterocycles. The van der Waals surface area contributed by atoms with Crippen LogP contribution in [0.5, 0.6) is 17.2 Å². The van der Waals surface area contributed by atoms with Crippen molar-refractivity contribution in [3.63, 3.8) is 0 Å². The molecule has 2 atom stereocenters. The van der Waals surface area contributed by atoms with Crippen molar-refractivity contribution in [2.24, 2.45) is 10.9 Å². The summed E-state index contributed by atoms with van der Waals surface area (Å²) in [4.78, 5) is 4.64. The zero-order chi connectivity index (χ0) is 18.9. The third kappa shape index (κ3) is 6.60. The van der Waals surface area contributed by atoms with Gasteiger partial charge in [0.2, 0.25) is 5.75 Å². The SMILES string of the molecule is CCNC(=NCc1cc(OC)c(OC)c(OC)c1)NCC1CCCC1O.I. The van der Waals surface area contributed by atoms with Crippen LogP contribution in [0, 0.1) is 5.92 Å². The third-order valence-corrected chi connectivity index (χ3v) is 4.64. The molecule has 1 aliphatic carbocycles. The van der Waals surface area contributed by atoms with E-state index in [2.05, 4.69) is 15.6 Å². The van der Waals surface area contributed by atoms with Crippen molar-refractivity contribution in [2.45, 2.75) is 38.8 Å². The minimum Gasteiger partial charge on any atom is -0.493 e. The average Bonchev–Trinajstić information content (AvgIpc) is 3.07. The number of nitrogens with zero attached hydrogens (tertiary/aromatic N) is 1. The summed E-state index contributed by atoms with van der Waals surface area (Å²) in [5.41, 5.74) is 0.956. The predicted molar refractivity (Wildman–Crippen MR) is 118 cm³/mol. The number of halogens is 1. The Balaban J connectivity index is 0.00000364. The molecule has 7 nitrogen and oxygen atoms in total. The van der Waals surface area contributed by atoms with E-state index in [-0.39, 0.29) is 30.1 Å². The predicted octanol–water partition coefficient (Wildman–Crippen LogP) is 2.55. The molecule has 0 radical (unpaired) electrons. The summed E-state index contributed by atoms with van der Waals surface area (Å²) >= 11 is 0. The Kier molecular flexibility index (Phi) is 10.6. The fourth-order valence-electron chi connectivity index (χ4n) is 3.22. The van der Waals surface area contributed by atoms with E-state index in [1.807, 2.05) is 19.1 Å². The van der Waals surface area contributed by atoms with Crippen LogP contribution in [0.3, 0.4) is 0 Å². The van der Waals surface area contributed by atoms with Crippen LogP contribution in [0.2, 0.25) is 0 Å². The van der Waals surface area contributed by atoms with E-state index in [1.54, 1.807) is 21.3 Å². The van der Waals surface area contributed by atoms with Crippen LogP contribution >= 0.6 is 24.0 Å². The maximum absolute atomic E-state index is 9.96. The molecule has 8 heteroatoms. The zero-order valence-corrected chi connectivity index (χ0v) is 18.9. The summed E-state index contributed by atoms with van der Waals surface area (Å²) in [5, 5.41) is 16.5. The van der Waals surface area contributed by atoms with Crippen molar-refractivity contribution in [1.29, 1.82) is 0 Å². The Bertz CT molecular complexity index is 588. The first kappa shape index (κ1) is 23.6. The second-order valence-electron chi connectivity index (χ2n) is 6.37. The molecule has 1 aromatic carbocycles. The van der Waals surface area contributed by atoms with Crippen molar-refractivity contribution in [1.82, 2.24) is 10.6 Å². The molecule has 1 saturated carbocycles. The highest BCUT2D eigenvalue weighted by atomic mass is 127. The van der Waals surface area contributed by atoms with Crippen LogP contribution < -0.4 is 24.8 Å². The van der Waals surface area contributed by atoms with Gasteiger partial charge in [0.25, 0.3) is 0 Å². The molecule has 0 saturated heterocycles. The normalized spacial score (nSPS) is 19.2. The van der Waals surface area contributed by atoms with Crippen LogP contribution in [0.1, 0.15) is 31.7 Å². The fourth-order valence-corrected chi connectivity index (χ4v) is 3.22. The Morgan fingerprint density at radius 1 is 1.11 bits per heavy atom. The second-order valence-corrected chi connectivity index (χ2v) is 6.37. The van der Waals surface area contributed by atoms with Gasteiger partial charge in [-0.2, -0.15) is 0 Å². The molecule has 0 spiro atoms. The highest BCUT2D eigenvalue weighted by Crippen LogP contribution is 2.38. The number of aliphatic hydroxyl groups excluding tert-OH is 1. The molecule has 1 fully saturated rings. The molecule has 2 unspecified atom stereocenters.